The molecule has 0 atom stereocenters. The molecule has 1 aromatic heterocycles. The Hall–Kier alpha value is -7.62. The smallest absolute Gasteiger partial charge is 0.156 e. The fourth-order valence-electron chi connectivity index (χ4n) is 12.3. The van der Waals surface area contributed by atoms with E-state index in [1.165, 1.54) is 83.0 Å². The first-order chi connectivity index (χ1) is 33.3. The zero-order valence-electron chi connectivity index (χ0n) is 40.8. The molecule has 0 fully saturated rings. The van der Waals surface area contributed by atoms with E-state index < -0.39 is 5.41 Å². The second kappa shape index (κ2) is 14.5. The van der Waals surface area contributed by atoms with Crippen LogP contribution in [-0.2, 0) is 21.7 Å². The van der Waals surface area contributed by atoms with E-state index in [-0.39, 0.29) is 16.2 Å². The van der Waals surface area contributed by atoms with Gasteiger partial charge in [0.2, 0.25) is 0 Å². The van der Waals surface area contributed by atoms with E-state index in [1.54, 1.807) is 0 Å². The summed E-state index contributed by atoms with van der Waals surface area (Å²) in [6.45, 7) is 18.7. The van der Waals surface area contributed by atoms with Crippen molar-refractivity contribution in [1.29, 1.82) is 0 Å². The quantitative estimate of drug-likeness (QED) is 0.175. The van der Waals surface area contributed by atoms with Gasteiger partial charge in [-0.25, -0.2) is 0 Å². The Labute approximate surface area is 406 Å². The van der Waals surface area contributed by atoms with Gasteiger partial charge < -0.3 is 14.2 Å². The van der Waals surface area contributed by atoms with E-state index in [9.17, 15) is 0 Å². The molecule has 2 heterocycles. The summed E-state index contributed by atoms with van der Waals surface area (Å²) in [6.07, 6.45) is 0. The predicted octanol–water partition coefficient (Wildman–Crippen LogP) is 17.6. The Morgan fingerprint density at radius 1 is 0.420 bits per heavy atom. The van der Waals surface area contributed by atoms with Crippen LogP contribution in [0.25, 0.3) is 49.7 Å². The Morgan fingerprint density at radius 2 is 0.928 bits per heavy atom. The maximum atomic E-state index is 7.55. The molecule has 3 heteroatoms. The summed E-state index contributed by atoms with van der Waals surface area (Å²) < 4.78 is 10.0. The lowest BCUT2D eigenvalue weighted by Crippen LogP contribution is -2.33. The molecule has 0 unspecified atom stereocenters. The summed E-state index contributed by atoms with van der Waals surface area (Å²) in [7, 11) is 0. The van der Waals surface area contributed by atoms with Crippen molar-refractivity contribution in [3.63, 3.8) is 0 Å². The van der Waals surface area contributed by atoms with Crippen molar-refractivity contribution in [3.05, 3.63) is 239 Å². The van der Waals surface area contributed by atoms with Gasteiger partial charge >= 0.3 is 0 Å². The minimum atomic E-state index is -0.674. The van der Waals surface area contributed by atoms with Crippen molar-refractivity contribution in [1.82, 2.24) is 4.57 Å². The van der Waals surface area contributed by atoms with E-state index in [4.69, 9.17) is 4.74 Å². The van der Waals surface area contributed by atoms with Crippen LogP contribution in [-0.4, -0.2) is 4.57 Å². The van der Waals surface area contributed by atoms with Gasteiger partial charge in [0.15, 0.2) is 5.75 Å². The highest BCUT2D eigenvalue weighted by Crippen LogP contribution is 2.65. The minimum absolute atomic E-state index is 0.0642. The predicted molar refractivity (Wildman–Crippen MR) is 288 cm³/mol. The summed E-state index contributed by atoms with van der Waals surface area (Å²) in [5.41, 5.74) is 20.9. The molecule has 336 valence electrons. The average molecular weight is 893 g/mol. The van der Waals surface area contributed by atoms with Crippen LogP contribution in [0.5, 0.6) is 11.5 Å². The summed E-state index contributed by atoms with van der Waals surface area (Å²) in [6, 6.07) is 72.9. The van der Waals surface area contributed by atoms with Crippen LogP contribution in [0.4, 0.5) is 17.1 Å². The number of ether oxygens (including phenoxy) is 1. The van der Waals surface area contributed by atoms with E-state index >= 15 is 0 Å². The van der Waals surface area contributed by atoms with Gasteiger partial charge in [-0.05, 0) is 115 Å². The van der Waals surface area contributed by atoms with Crippen molar-refractivity contribution in [2.24, 2.45) is 0 Å². The lowest BCUT2D eigenvalue weighted by Gasteiger charge is -2.42. The van der Waals surface area contributed by atoms with Crippen LogP contribution in [0.15, 0.2) is 194 Å². The maximum Gasteiger partial charge on any atom is 0.156 e. The molecule has 10 aromatic rings. The molecule has 13 rings (SSSR count). The first kappa shape index (κ1) is 41.6. The number of fused-ring (bicyclic) bond motifs is 15. The standard InChI is InChI=1S/C66H56N2O/c1-63(2,3)41-32-35-46-47-36-33-42(64(4,5)6)39-55(47)66(54(46)38-41)51-24-13-18-31-61(51)69-62-52(66)25-19-30-60(62)67(43-34-37-45-44-20-9-12-23-50(44)65(7,8)53(45)40-43)58-28-16-17-29-59(58)68-56-26-14-10-21-48(56)49-22-11-15-27-57(49)68/h9-40H,1-8H3. The first-order valence-corrected chi connectivity index (χ1v) is 24.6. The molecule has 1 aliphatic heterocycles. The molecule has 2 aliphatic carbocycles. The zero-order valence-corrected chi connectivity index (χ0v) is 40.8. The number of aromatic nitrogens is 1. The average Bonchev–Trinajstić information content (AvgIpc) is 3.92. The molecule has 0 bridgehead atoms. The Bertz CT molecular complexity index is 3660. The highest BCUT2D eigenvalue weighted by Gasteiger charge is 2.52. The van der Waals surface area contributed by atoms with Crippen LogP contribution in [0.2, 0.25) is 0 Å². The summed E-state index contributed by atoms with van der Waals surface area (Å²) >= 11 is 0. The van der Waals surface area contributed by atoms with Crippen molar-refractivity contribution in [3.8, 4) is 39.4 Å². The second-order valence-electron chi connectivity index (χ2n) is 22.1. The molecule has 69 heavy (non-hydrogen) atoms. The Balaban J connectivity index is 1.14. The third-order valence-electron chi connectivity index (χ3n) is 15.8. The normalized spacial score (nSPS) is 14.7. The maximum absolute atomic E-state index is 7.55. The molecule has 3 aliphatic rings. The van der Waals surface area contributed by atoms with Crippen LogP contribution in [0, 0.1) is 0 Å². The van der Waals surface area contributed by atoms with Crippen molar-refractivity contribution in [2.45, 2.75) is 77.0 Å². The van der Waals surface area contributed by atoms with Crippen molar-refractivity contribution in [2.75, 3.05) is 4.90 Å². The number of anilines is 3. The number of benzene rings is 9. The number of rotatable bonds is 4. The monoisotopic (exact) mass is 892 g/mol. The molecular weight excluding hydrogens is 837 g/mol. The summed E-state index contributed by atoms with van der Waals surface area (Å²) in [4.78, 5) is 2.49. The fourth-order valence-corrected chi connectivity index (χ4v) is 12.3. The molecule has 0 N–H and O–H groups in total. The third-order valence-corrected chi connectivity index (χ3v) is 15.8. The zero-order chi connectivity index (χ0) is 47.2. The summed E-state index contributed by atoms with van der Waals surface area (Å²) in [5.74, 6) is 1.73. The van der Waals surface area contributed by atoms with Crippen molar-refractivity contribution < 1.29 is 4.74 Å². The van der Waals surface area contributed by atoms with Gasteiger partial charge in [0.25, 0.3) is 0 Å². The number of hydrogen-bond donors (Lipinski definition) is 0. The first-order valence-electron chi connectivity index (χ1n) is 24.6. The van der Waals surface area contributed by atoms with E-state index in [1.807, 2.05) is 0 Å². The lowest BCUT2D eigenvalue weighted by molar-refractivity contribution is 0.437. The van der Waals surface area contributed by atoms with Gasteiger partial charge in [-0.15, -0.1) is 0 Å². The molecule has 9 aromatic carbocycles. The highest BCUT2D eigenvalue weighted by atomic mass is 16.5. The molecule has 3 nitrogen and oxygen atoms in total. The Morgan fingerprint density at radius 3 is 1.59 bits per heavy atom. The fraction of sp³-hybridized carbons (Fsp3) is 0.182. The molecule has 0 saturated heterocycles. The number of nitrogens with zero attached hydrogens (tertiary/aromatic N) is 2. The van der Waals surface area contributed by atoms with Gasteiger partial charge in [0.05, 0.1) is 33.5 Å². The van der Waals surface area contributed by atoms with Crippen LogP contribution < -0.4 is 9.64 Å². The van der Waals surface area contributed by atoms with Crippen LogP contribution in [0.3, 0.4) is 0 Å². The summed E-state index contributed by atoms with van der Waals surface area (Å²) in [5, 5.41) is 2.46. The highest BCUT2D eigenvalue weighted by molar-refractivity contribution is 6.10. The largest absolute Gasteiger partial charge is 0.454 e. The number of hydrogen-bond acceptors (Lipinski definition) is 2. The second-order valence-corrected chi connectivity index (χ2v) is 22.1. The van der Waals surface area contributed by atoms with Gasteiger partial charge in [-0.2, -0.15) is 0 Å². The Kier molecular flexibility index (Phi) is 8.70. The van der Waals surface area contributed by atoms with E-state index in [0.717, 1.165) is 39.8 Å². The lowest BCUT2D eigenvalue weighted by atomic mass is 9.64. The molecular formula is C66H56N2O. The van der Waals surface area contributed by atoms with Crippen LogP contribution in [0.1, 0.15) is 99.9 Å². The van der Waals surface area contributed by atoms with Crippen LogP contribution >= 0.6 is 0 Å². The molecule has 0 saturated carbocycles. The van der Waals surface area contributed by atoms with Gasteiger partial charge in [0.1, 0.15) is 5.75 Å². The van der Waals surface area contributed by atoms with E-state index in [2.05, 4.69) is 259 Å². The SMILES string of the molecule is CC(C)(C)c1ccc2c(c1)C1(c3ccccc3Oc3c(N(c4ccc5c(c4)C(C)(C)c4ccccc4-5)c4ccccc4-n4c5ccccc5c5ccccc54)cccc31)c1cc(C(C)(C)C)ccc1-2. The molecule has 0 amide bonds. The molecule has 1 spiro atoms. The van der Waals surface area contributed by atoms with Crippen molar-refractivity contribution >= 4 is 38.9 Å². The number of para-hydroxylation sites is 6. The van der Waals surface area contributed by atoms with Gasteiger partial charge in [0, 0.05) is 33.0 Å². The minimum Gasteiger partial charge on any atom is -0.454 e. The van der Waals surface area contributed by atoms with Gasteiger partial charge in [-0.1, -0.05) is 201 Å². The topological polar surface area (TPSA) is 17.4 Å². The molecule has 0 radical (unpaired) electrons. The van der Waals surface area contributed by atoms with Gasteiger partial charge in [-0.3, -0.25) is 0 Å². The third kappa shape index (κ3) is 5.80. The van der Waals surface area contributed by atoms with E-state index in [0.29, 0.717) is 0 Å².